The van der Waals surface area contributed by atoms with Gasteiger partial charge in [0.2, 0.25) is 0 Å². The summed E-state index contributed by atoms with van der Waals surface area (Å²) in [5, 5.41) is 3.34. The molecular weight excluding hydrogens is 316 g/mol. The maximum absolute atomic E-state index is 5.80. The van der Waals surface area contributed by atoms with Gasteiger partial charge in [0, 0.05) is 23.3 Å². The Bertz CT molecular complexity index is 528. The van der Waals surface area contributed by atoms with Crippen LogP contribution in [0.4, 0.5) is 0 Å². The summed E-state index contributed by atoms with van der Waals surface area (Å²) >= 11 is 3.42. The van der Waals surface area contributed by atoms with Crippen molar-refractivity contribution in [1.29, 1.82) is 0 Å². The lowest BCUT2D eigenvalue weighted by Gasteiger charge is -2.08. The van der Waals surface area contributed by atoms with E-state index in [4.69, 9.17) is 4.74 Å². The zero-order valence-electron chi connectivity index (χ0n) is 11.6. The smallest absolute Gasteiger partial charge is 0.123 e. The molecule has 1 N–H and O–H groups in total. The van der Waals surface area contributed by atoms with Crippen molar-refractivity contribution in [2.45, 2.75) is 26.5 Å². The zero-order chi connectivity index (χ0) is 14.2. The average Bonchev–Trinajstić information content (AvgIpc) is 2.47. The molecule has 2 aromatic rings. The van der Waals surface area contributed by atoms with Gasteiger partial charge in [-0.3, -0.25) is 4.98 Å². The maximum Gasteiger partial charge on any atom is 0.123 e. The Kier molecular flexibility index (Phi) is 6.02. The quantitative estimate of drug-likeness (QED) is 0.779. The molecule has 0 unspecified atom stereocenters. The molecule has 2 rings (SSSR count). The predicted octanol–water partition coefficient (Wildman–Crippen LogP) is 3.92. The molecule has 3 nitrogen and oxygen atoms in total. The second-order valence-electron chi connectivity index (χ2n) is 4.57. The van der Waals surface area contributed by atoms with Gasteiger partial charge < -0.3 is 10.1 Å². The molecular formula is C16H19BrN2O. The van der Waals surface area contributed by atoms with Gasteiger partial charge in [-0.25, -0.2) is 0 Å². The molecule has 0 aliphatic heterocycles. The van der Waals surface area contributed by atoms with E-state index in [1.54, 1.807) is 6.20 Å². The Balaban J connectivity index is 1.89. The van der Waals surface area contributed by atoms with Crippen molar-refractivity contribution in [3.8, 4) is 5.75 Å². The first-order valence-corrected chi connectivity index (χ1v) is 7.60. The molecule has 0 bridgehead atoms. The van der Waals surface area contributed by atoms with E-state index < -0.39 is 0 Å². The average molecular weight is 335 g/mol. The largest absolute Gasteiger partial charge is 0.489 e. The first-order chi connectivity index (χ1) is 9.78. The maximum atomic E-state index is 5.80. The highest BCUT2D eigenvalue weighted by Gasteiger charge is 1.99. The normalized spacial score (nSPS) is 10.5. The van der Waals surface area contributed by atoms with E-state index in [1.165, 1.54) is 0 Å². The van der Waals surface area contributed by atoms with Crippen LogP contribution >= 0.6 is 15.9 Å². The molecule has 20 heavy (non-hydrogen) atoms. The second kappa shape index (κ2) is 8.02. The van der Waals surface area contributed by atoms with Gasteiger partial charge in [-0.2, -0.15) is 0 Å². The van der Waals surface area contributed by atoms with Crippen molar-refractivity contribution >= 4 is 15.9 Å². The van der Waals surface area contributed by atoms with E-state index in [9.17, 15) is 0 Å². The summed E-state index contributed by atoms with van der Waals surface area (Å²) in [5.74, 6) is 0.858. The van der Waals surface area contributed by atoms with E-state index in [0.717, 1.165) is 41.0 Å². The van der Waals surface area contributed by atoms with Crippen molar-refractivity contribution in [3.63, 3.8) is 0 Å². The minimum atomic E-state index is 0.569. The summed E-state index contributed by atoms with van der Waals surface area (Å²) in [5.41, 5.74) is 2.16. The number of pyridine rings is 1. The number of nitrogens with zero attached hydrogens (tertiary/aromatic N) is 1. The Hall–Kier alpha value is -1.39. The highest BCUT2D eigenvalue weighted by molar-refractivity contribution is 9.10. The van der Waals surface area contributed by atoms with Gasteiger partial charge in [0.1, 0.15) is 12.4 Å². The van der Waals surface area contributed by atoms with Gasteiger partial charge in [0.15, 0.2) is 0 Å². The fourth-order valence-electron chi connectivity index (χ4n) is 1.78. The van der Waals surface area contributed by atoms with Gasteiger partial charge >= 0.3 is 0 Å². The Labute approximate surface area is 128 Å². The SMILES string of the molecule is CCCNCc1cc(OCc2ccc(Br)cc2)ccn1. The Morgan fingerprint density at radius 2 is 2.00 bits per heavy atom. The fourth-order valence-corrected chi connectivity index (χ4v) is 2.05. The van der Waals surface area contributed by atoms with Gasteiger partial charge in [0.25, 0.3) is 0 Å². The molecule has 1 heterocycles. The minimum Gasteiger partial charge on any atom is -0.489 e. The van der Waals surface area contributed by atoms with Gasteiger partial charge in [-0.05, 0) is 36.7 Å². The van der Waals surface area contributed by atoms with Crippen LogP contribution in [0.25, 0.3) is 0 Å². The number of hydrogen-bond donors (Lipinski definition) is 1. The number of hydrogen-bond acceptors (Lipinski definition) is 3. The first kappa shape index (κ1) is 15.0. The van der Waals surface area contributed by atoms with Crippen LogP contribution in [0.1, 0.15) is 24.6 Å². The summed E-state index contributed by atoms with van der Waals surface area (Å²) in [6.07, 6.45) is 2.92. The summed E-state index contributed by atoms with van der Waals surface area (Å²) < 4.78 is 6.87. The van der Waals surface area contributed by atoms with Crippen molar-refractivity contribution < 1.29 is 4.74 Å². The minimum absolute atomic E-state index is 0.569. The third-order valence-corrected chi connectivity index (χ3v) is 3.37. The van der Waals surface area contributed by atoms with Gasteiger partial charge in [-0.15, -0.1) is 0 Å². The van der Waals surface area contributed by atoms with Crippen LogP contribution in [0.3, 0.4) is 0 Å². The van der Waals surface area contributed by atoms with Crippen LogP contribution in [-0.4, -0.2) is 11.5 Å². The van der Waals surface area contributed by atoms with Crippen LogP contribution in [0, 0.1) is 0 Å². The van der Waals surface area contributed by atoms with Gasteiger partial charge in [0.05, 0.1) is 5.69 Å². The molecule has 1 aromatic heterocycles. The van der Waals surface area contributed by atoms with E-state index in [2.05, 4.69) is 45.3 Å². The molecule has 0 saturated carbocycles. The fraction of sp³-hybridized carbons (Fsp3) is 0.312. The number of ether oxygens (including phenoxy) is 1. The number of benzene rings is 1. The van der Waals surface area contributed by atoms with Crippen LogP contribution in [0.5, 0.6) is 5.75 Å². The Morgan fingerprint density at radius 3 is 2.75 bits per heavy atom. The molecule has 0 saturated heterocycles. The van der Waals surface area contributed by atoms with Crippen molar-refractivity contribution in [2.75, 3.05) is 6.54 Å². The molecule has 0 spiro atoms. The highest BCUT2D eigenvalue weighted by Crippen LogP contribution is 2.15. The number of nitrogens with one attached hydrogen (secondary N) is 1. The van der Waals surface area contributed by atoms with Crippen molar-refractivity contribution in [1.82, 2.24) is 10.3 Å². The molecule has 0 fully saturated rings. The van der Waals surface area contributed by atoms with Crippen LogP contribution < -0.4 is 10.1 Å². The number of rotatable bonds is 7. The standard InChI is InChI=1S/C16H19BrN2O/c1-2-8-18-11-15-10-16(7-9-19-15)20-12-13-3-5-14(17)6-4-13/h3-7,9-10,18H,2,8,11-12H2,1H3. The van der Waals surface area contributed by atoms with E-state index in [1.807, 2.05) is 24.3 Å². The number of halogens is 1. The molecule has 0 aliphatic rings. The van der Waals surface area contributed by atoms with Crippen molar-refractivity contribution in [3.05, 3.63) is 58.3 Å². The molecule has 0 atom stereocenters. The van der Waals surface area contributed by atoms with Gasteiger partial charge in [-0.1, -0.05) is 35.0 Å². The lowest BCUT2D eigenvalue weighted by atomic mass is 10.2. The number of aromatic nitrogens is 1. The predicted molar refractivity (Wildman–Crippen MR) is 84.7 cm³/mol. The summed E-state index contributed by atoms with van der Waals surface area (Å²) in [4.78, 5) is 4.33. The second-order valence-corrected chi connectivity index (χ2v) is 5.49. The van der Waals surface area contributed by atoms with E-state index >= 15 is 0 Å². The lowest BCUT2D eigenvalue weighted by molar-refractivity contribution is 0.305. The van der Waals surface area contributed by atoms with E-state index in [-0.39, 0.29) is 0 Å². The molecule has 0 aliphatic carbocycles. The van der Waals surface area contributed by atoms with Crippen LogP contribution in [-0.2, 0) is 13.2 Å². The zero-order valence-corrected chi connectivity index (χ0v) is 13.2. The van der Waals surface area contributed by atoms with Crippen LogP contribution in [0.2, 0.25) is 0 Å². The molecule has 106 valence electrons. The molecule has 4 heteroatoms. The molecule has 0 amide bonds. The molecule has 1 aromatic carbocycles. The summed E-state index contributed by atoms with van der Waals surface area (Å²) in [7, 11) is 0. The molecule has 0 radical (unpaired) electrons. The monoisotopic (exact) mass is 334 g/mol. The topological polar surface area (TPSA) is 34.1 Å². The Morgan fingerprint density at radius 1 is 1.20 bits per heavy atom. The third-order valence-electron chi connectivity index (χ3n) is 2.84. The highest BCUT2D eigenvalue weighted by atomic mass is 79.9. The van der Waals surface area contributed by atoms with Crippen molar-refractivity contribution in [2.24, 2.45) is 0 Å². The van der Waals surface area contributed by atoms with E-state index in [0.29, 0.717) is 6.61 Å². The lowest BCUT2D eigenvalue weighted by Crippen LogP contribution is -2.14. The summed E-state index contributed by atoms with van der Waals surface area (Å²) in [6, 6.07) is 12.0. The first-order valence-electron chi connectivity index (χ1n) is 6.81. The summed E-state index contributed by atoms with van der Waals surface area (Å²) in [6.45, 7) is 4.51. The van der Waals surface area contributed by atoms with Crippen LogP contribution in [0.15, 0.2) is 47.1 Å². The third kappa shape index (κ3) is 4.94.